The van der Waals surface area contributed by atoms with Gasteiger partial charge in [-0.05, 0) is 58.0 Å². The first-order chi connectivity index (χ1) is 11.2. The Hall–Kier alpha value is -1.57. The Bertz CT molecular complexity index is 772. The van der Waals surface area contributed by atoms with Gasteiger partial charge in [-0.3, -0.25) is 4.98 Å². The molecule has 1 aliphatic rings. The number of hydrogen-bond acceptors (Lipinski definition) is 4. The zero-order chi connectivity index (χ0) is 17.5. The molecule has 2 aromatic rings. The number of halogens is 2. The summed E-state index contributed by atoms with van der Waals surface area (Å²) in [6.07, 6.45) is 2.88. The van der Waals surface area contributed by atoms with Crippen LogP contribution in [0.4, 0.5) is 8.78 Å². The van der Waals surface area contributed by atoms with Crippen molar-refractivity contribution in [1.82, 2.24) is 4.98 Å². The van der Waals surface area contributed by atoms with Crippen molar-refractivity contribution in [1.29, 1.82) is 0 Å². The van der Waals surface area contributed by atoms with E-state index in [2.05, 4.69) is 4.98 Å². The molecule has 1 aliphatic heterocycles. The molecule has 0 aliphatic carbocycles. The summed E-state index contributed by atoms with van der Waals surface area (Å²) >= 11 is 1.26. The third-order valence-electron chi connectivity index (χ3n) is 4.38. The normalized spacial score (nSPS) is 19.8. The summed E-state index contributed by atoms with van der Waals surface area (Å²) in [6.45, 7) is 7.47. The van der Waals surface area contributed by atoms with Gasteiger partial charge in [0.1, 0.15) is 17.2 Å². The summed E-state index contributed by atoms with van der Waals surface area (Å²) in [7, 11) is -1.04. The van der Waals surface area contributed by atoms with Gasteiger partial charge in [0.05, 0.1) is 16.1 Å². The van der Waals surface area contributed by atoms with Gasteiger partial charge < -0.3 is 9.31 Å². The van der Waals surface area contributed by atoms with Gasteiger partial charge in [-0.15, -0.1) is 11.3 Å². The van der Waals surface area contributed by atoms with Crippen molar-refractivity contribution in [3.05, 3.63) is 46.9 Å². The predicted molar refractivity (Wildman–Crippen MR) is 92.7 cm³/mol. The quantitative estimate of drug-likeness (QED) is 0.740. The van der Waals surface area contributed by atoms with Crippen LogP contribution in [0.1, 0.15) is 32.6 Å². The van der Waals surface area contributed by atoms with Gasteiger partial charge in [-0.1, -0.05) is 0 Å². The van der Waals surface area contributed by atoms with Gasteiger partial charge in [0.15, 0.2) is 0 Å². The van der Waals surface area contributed by atoms with Gasteiger partial charge in [0.2, 0.25) is 0 Å². The first kappa shape index (κ1) is 17.3. The molecule has 0 N–H and O–H groups in total. The highest BCUT2D eigenvalue weighted by molar-refractivity contribution is 7.16. The Morgan fingerprint density at radius 3 is 2.46 bits per heavy atom. The topological polar surface area (TPSA) is 31.4 Å². The van der Waals surface area contributed by atoms with E-state index in [1.165, 1.54) is 35.7 Å². The zero-order valence-corrected chi connectivity index (χ0v) is 14.8. The van der Waals surface area contributed by atoms with Crippen molar-refractivity contribution < 1.29 is 18.1 Å². The molecule has 0 unspecified atom stereocenters. The van der Waals surface area contributed by atoms with E-state index in [4.69, 9.17) is 9.31 Å². The summed E-state index contributed by atoms with van der Waals surface area (Å²) in [4.78, 5) is 5.31. The molecule has 24 heavy (non-hydrogen) atoms. The molecular formula is C17H18BF2NO2S. The highest BCUT2D eigenvalue weighted by atomic mass is 32.1. The van der Waals surface area contributed by atoms with Crippen molar-refractivity contribution in [2.75, 3.05) is 0 Å². The summed E-state index contributed by atoms with van der Waals surface area (Å²) in [5.41, 5.74) is -1.44. The van der Waals surface area contributed by atoms with Crippen molar-refractivity contribution in [2.45, 2.75) is 38.9 Å². The summed E-state index contributed by atoms with van der Waals surface area (Å²) in [5, 5.41) is 0. The van der Waals surface area contributed by atoms with Gasteiger partial charge in [0, 0.05) is 11.1 Å². The van der Waals surface area contributed by atoms with Crippen molar-refractivity contribution >= 4 is 24.5 Å². The fourth-order valence-corrected chi connectivity index (χ4v) is 3.23. The van der Waals surface area contributed by atoms with Crippen LogP contribution in [-0.4, -0.2) is 23.3 Å². The van der Waals surface area contributed by atoms with Crippen molar-refractivity contribution in [2.24, 2.45) is 0 Å². The standard InChI is InChI=1S/C17H18BF2NO2S/c1-16(2)17(3,4)23-18(22-16)14(20)10-11-7-8-13(24-11)15-12(19)6-5-9-21-15/h5-10H,1-4H3. The highest BCUT2D eigenvalue weighted by Gasteiger charge is 2.53. The summed E-state index contributed by atoms with van der Waals surface area (Å²) < 4.78 is 39.6. The minimum absolute atomic E-state index is 0.262. The third-order valence-corrected chi connectivity index (χ3v) is 5.42. The maximum atomic E-state index is 14.5. The summed E-state index contributed by atoms with van der Waals surface area (Å²) in [5.74, 6) is -0.402. The Morgan fingerprint density at radius 2 is 1.83 bits per heavy atom. The van der Waals surface area contributed by atoms with E-state index in [0.717, 1.165) is 0 Å². The molecule has 0 aromatic carbocycles. The van der Waals surface area contributed by atoms with Crippen LogP contribution in [0.5, 0.6) is 0 Å². The molecule has 126 valence electrons. The van der Waals surface area contributed by atoms with Gasteiger partial charge in [-0.25, -0.2) is 8.78 Å². The average Bonchev–Trinajstić information content (AvgIpc) is 3.02. The predicted octanol–water partition coefficient (Wildman–Crippen LogP) is 4.89. The third kappa shape index (κ3) is 3.16. The first-order valence-corrected chi connectivity index (χ1v) is 8.45. The average molecular weight is 349 g/mol. The molecule has 0 amide bonds. The second kappa shape index (κ2) is 6.06. The minimum Gasteiger partial charge on any atom is -0.398 e. The molecule has 1 fully saturated rings. The molecule has 0 radical (unpaired) electrons. The number of rotatable bonds is 3. The summed E-state index contributed by atoms with van der Waals surface area (Å²) in [6, 6.07) is 6.33. The second-order valence-corrected chi connectivity index (χ2v) is 7.77. The molecule has 7 heteroatoms. The maximum absolute atomic E-state index is 14.5. The first-order valence-electron chi connectivity index (χ1n) is 7.63. The van der Waals surface area contributed by atoms with Crippen LogP contribution in [0.2, 0.25) is 0 Å². The number of aromatic nitrogens is 1. The molecule has 2 aromatic heterocycles. The van der Waals surface area contributed by atoms with E-state index in [1.807, 2.05) is 27.7 Å². The lowest BCUT2D eigenvalue weighted by Crippen LogP contribution is -2.41. The van der Waals surface area contributed by atoms with Crippen LogP contribution in [0, 0.1) is 5.82 Å². The fourth-order valence-electron chi connectivity index (χ4n) is 2.28. The van der Waals surface area contributed by atoms with Gasteiger partial charge >= 0.3 is 7.12 Å². The maximum Gasteiger partial charge on any atom is 0.525 e. The van der Waals surface area contributed by atoms with Crippen LogP contribution in [-0.2, 0) is 9.31 Å². The molecule has 3 rings (SSSR count). The molecule has 3 heterocycles. The van der Waals surface area contributed by atoms with Gasteiger partial charge in [-0.2, -0.15) is 0 Å². The number of nitrogens with zero attached hydrogens (tertiary/aromatic N) is 1. The Kier molecular flexibility index (Phi) is 4.36. The zero-order valence-electron chi connectivity index (χ0n) is 14.0. The SMILES string of the molecule is CC1(C)OB(C(F)=Cc2ccc(-c3ncccc3F)s2)OC1(C)C. The number of hydrogen-bond donors (Lipinski definition) is 0. The van der Waals surface area contributed by atoms with Crippen LogP contribution >= 0.6 is 11.3 Å². The van der Waals surface area contributed by atoms with Crippen molar-refractivity contribution in [3.63, 3.8) is 0 Å². The molecule has 0 bridgehead atoms. The molecule has 1 saturated heterocycles. The lowest BCUT2D eigenvalue weighted by molar-refractivity contribution is 0.00578. The fraction of sp³-hybridized carbons (Fsp3) is 0.353. The lowest BCUT2D eigenvalue weighted by atomic mass is 9.87. The van der Waals surface area contributed by atoms with E-state index in [0.29, 0.717) is 9.75 Å². The Morgan fingerprint density at radius 1 is 1.17 bits per heavy atom. The molecular weight excluding hydrogens is 331 g/mol. The van der Waals surface area contributed by atoms with E-state index in [9.17, 15) is 8.78 Å². The van der Waals surface area contributed by atoms with E-state index in [1.54, 1.807) is 12.1 Å². The number of pyridine rings is 1. The largest absolute Gasteiger partial charge is 0.525 e. The molecule has 3 nitrogen and oxygen atoms in total. The minimum atomic E-state index is -1.04. The van der Waals surface area contributed by atoms with Crippen LogP contribution in [0.25, 0.3) is 16.6 Å². The molecule has 0 atom stereocenters. The monoisotopic (exact) mass is 349 g/mol. The van der Waals surface area contributed by atoms with E-state index >= 15 is 0 Å². The second-order valence-electron chi connectivity index (χ2n) is 6.65. The van der Waals surface area contributed by atoms with Crippen LogP contribution < -0.4 is 0 Å². The van der Waals surface area contributed by atoms with E-state index < -0.39 is 29.9 Å². The highest BCUT2D eigenvalue weighted by Crippen LogP contribution is 2.39. The van der Waals surface area contributed by atoms with Gasteiger partial charge in [0.25, 0.3) is 0 Å². The Labute approximate surface area is 144 Å². The smallest absolute Gasteiger partial charge is 0.398 e. The number of thiophene rings is 1. The van der Waals surface area contributed by atoms with Crippen molar-refractivity contribution in [3.8, 4) is 10.6 Å². The Balaban J connectivity index is 1.82. The lowest BCUT2D eigenvalue weighted by Gasteiger charge is -2.32. The molecule has 0 spiro atoms. The van der Waals surface area contributed by atoms with Crippen LogP contribution in [0.3, 0.4) is 0 Å². The van der Waals surface area contributed by atoms with E-state index in [-0.39, 0.29) is 5.69 Å². The van der Waals surface area contributed by atoms with Crippen LogP contribution in [0.15, 0.2) is 36.2 Å². The molecule has 0 saturated carbocycles.